The van der Waals surface area contributed by atoms with Gasteiger partial charge in [0.05, 0.1) is 19.1 Å². The third-order valence-corrected chi connectivity index (χ3v) is 2.40. The summed E-state index contributed by atoms with van der Waals surface area (Å²) in [5, 5.41) is 6.25. The van der Waals surface area contributed by atoms with Crippen LogP contribution in [0.2, 0.25) is 0 Å². The highest BCUT2D eigenvalue weighted by Crippen LogP contribution is 1.97. The summed E-state index contributed by atoms with van der Waals surface area (Å²) in [5.41, 5.74) is 0. The van der Waals surface area contributed by atoms with Crippen LogP contribution in [0.5, 0.6) is 0 Å². The van der Waals surface area contributed by atoms with Crippen molar-refractivity contribution in [3.63, 3.8) is 0 Å². The molecule has 0 aromatic rings. The Kier molecular flexibility index (Phi) is 5.87. The number of nitrogens with one attached hydrogen (secondary N) is 1. The first-order valence-corrected chi connectivity index (χ1v) is 4.41. The summed E-state index contributed by atoms with van der Waals surface area (Å²) in [6.45, 7) is 12.2. The highest BCUT2D eigenvalue weighted by molar-refractivity contribution is 4.55. The zero-order valence-electron chi connectivity index (χ0n) is 7.56. The van der Waals surface area contributed by atoms with Crippen LogP contribution in [0.4, 0.5) is 0 Å². The molecular formula is C9H18N2. The molecule has 1 heterocycles. The van der Waals surface area contributed by atoms with Gasteiger partial charge in [0.2, 0.25) is 0 Å². The molecule has 2 unspecified atom stereocenters. The summed E-state index contributed by atoms with van der Waals surface area (Å²) in [4.78, 5) is 1.83. The number of rotatable bonds is 2. The van der Waals surface area contributed by atoms with Crippen molar-refractivity contribution in [2.45, 2.75) is 39.2 Å². The van der Waals surface area contributed by atoms with Gasteiger partial charge in [0.15, 0.2) is 0 Å². The zero-order chi connectivity index (χ0) is 8.69. The Bertz CT molecular complexity index is 109. The van der Waals surface area contributed by atoms with E-state index in [0.717, 1.165) is 6.04 Å². The van der Waals surface area contributed by atoms with E-state index in [9.17, 15) is 0 Å². The lowest BCUT2D eigenvalue weighted by Gasteiger charge is -2.16. The van der Waals surface area contributed by atoms with E-state index < -0.39 is 0 Å². The minimum atomic E-state index is 0.949. The minimum Gasteiger partial charge on any atom is -0.512 e. The molecule has 1 fully saturated rings. The van der Waals surface area contributed by atoms with Crippen LogP contribution in [0, 0.1) is 11.8 Å². The Morgan fingerprint density at radius 2 is 2.18 bits per heavy atom. The highest BCUT2D eigenvalue weighted by Gasteiger charge is 2.22. The van der Waals surface area contributed by atoms with Crippen molar-refractivity contribution >= 4 is 0 Å². The zero-order valence-corrected chi connectivity index (χ0v) is 7.56. The molecule has 0 radical (unpaired) electrons. The fraction of sp³-hybridized carbons (Fsp3) is 0.889. The molecule has 0 spiro atoms. The lowest BCUT2D eigenvalue weighted by atomic mass is 10.2. The van der Waals surface area contributed by atoms with Crippen LogP contribution < -0.4 is 4.90 Å². The van der Waals surface area contributed by atoms with E-state index in [0.29, 0.717) is 0 Å². The molecule has 0 amide bonds. The lowest BCUT2D eigenvalue weighted by molar-refractivity contribution is -0.910. The summed E-state index contributed by atoms with van der Waals surface area (Å²) in [7, 11) is 0. The first-order chi connectivity index (χ1) is 5.34. The van der Waals surface area contributed by atoms with E-state index in [1.54, 1.807) is 0 Å². The standard InChI is InChI=1S/C8H17N.CN/c1-3-6-9-7-4-5-8(9)2;1-2/h8H,3-7H2,1-2H3;/q;-1/p+1. The molecule has 0 saturated carbocycles. The van der Waals surface area contributed by atoms with E-state index in [1.807, 2.05) is 4.90 Å². The van der Waals surface area contributed by atoms with Crippen molar-refractivity contribution in [1.29, 1.82) is 5.26 Å². The van der Waals surface area contributed by atoms with Gasteiger partial charge in [-0.1, -0.05) is 6.92 Å². The number of nitrogens with zero attached hydrogens (tertiary/aromatic N) is 1. The second-order valence-electron chi connectivity index (χ2n) is 3.20. The highest BCUT2D eigenvalue weighted by atomic mass is 15.2. The van der Waals surface area contributed by atoms with Gasteiger partial charge in [0.25, 0.3) is 0 Å². The van der Waals surface area contributed by atoms with Crippen LogP contribution in [0.3, 0.4) is 0 Å². The van der Waals surface area contributed by atoms with Crippen LogP contribution in [0.25, 0.3) is 0 Å². The smallest absolute Gasteiger partial charge is 0.0848 e. The molecule has 11 heavy (non-hydrogen) atoms. The molecule has 1 rings (SSSR count). The van der Waals surface area contributed by atoms with E-state index in [4.69, 9.17) is 11.8 Å². The number of hydrogen-bond acceptors (Lipinski definition) is 1. The maximum Gasteiger partial charge on any atom is 0.0848 e. The monoisotopic (exact) mass is 154 g/mol. The van der Waals surface area contributed by atoms with Gasteiger partial charge in [-0.05, 0) is 13.3 Å². The van der Waals surface area contributed by atoms with Gasteiger partial charge in [-0.25, -0.2) is 0 Å². The molecule has 2 nitrogen and oxygen atoms in total. The van der Waals surface area contributed by atoms with Crippen LogP contribution in [0.1, 0.15) is 33.1 Å². The largest absolute Gasteiger partial charge is 0.512 e. The predicted octanol–water partition coefficient (Wildman–Crippen LogP) is 0.560. The van der Waals surface area contributed by atoms with Gasteiger partial charge in [-0.2, -0.15) is 0 Å². The molecule has 1 aliphatic heterocycles. The van der Waals surface area contributed by atoms with Crippen LogP contribution in [-0.4, -0.2) is 19.1 Å². The quantitative estimate of drug-likeness (QED) is 0.578. The van der Waals surface area contributed by atoms with E-state index >= 15 is 0 Å². The van der Waals surface area contributed by atoms with Crippen LogP contribution in [-0.2, 0) is 0 Å². The summed E-state index contributed by atoms with van der Waals surface area (Å²) in [5.74, 6) is 0. The van der Waals surface area contributed by atoms with Gasteiger partial charge in [-0.15, -0.1) is 0 Å². The number of likely N-dealkylation sites (tertiary alicyclic amines) is 1. The van der Waals surface area contributed by atoms with Crippen LogP contribution in [0.15, 0.2) is 0 Å². The van der Waals surface area contributed by atoms with Crippen molar-refractivity contribution in [3.8, 4) is 0 Å². The van der Waals surface area contributed by atoms with Gasteiger partial charge >= 0.3 is 0 Å². The first kappa shape index (κ1) is 10.4. The Morgan fingerprint density at radius 1 is 1.55 bits per heavy atom. The molecule has 2 heteroatoms. The average Bonchev–Trinajstić information content (AvgIpc) is 2.42. The fourth-order valence-corrected chi connectivity index (χ4v) is 1.78. The van der Waals surface area contributed by atoms with E-state index in [-0.39, 0.29) is 0 Å². The van der Waals surface area contributed by atoms with Gasteiger partial charge in [-0.3, -0.25) is 0 Å². The molecule has 0 aromatic carbocycles. The normalized spacial score (nSPS) is 29.1. The molecular weight excluding hydrogens is 136 g/mol. The maximum atomic E-state index is 6.25. The molecule has 0 aromatic heterocycles. The third kappa shape index (κ3) is 3.38. The fourth-order valence-electron chi connectivity index (χ4n) is 1.78. The second-order valence-corrected chi connectivity index (χ2v) is 3.20. The van der Waals surface area contributed by atoms with Gasteiger partial charge in [0.1, 0.15) is 0 Å². The summed E-state index contributed by atoms with van der Waals surface area (Å²) in [6.07, 6.45) is 4.26. The Balaban J connectivity index is 0.000000461. The molecule has 0 aliphatic carbocycles. The summed E-state index contributed by atoms with van der Waals surface area (Å²) in [6, 6.07) is 0.949. The second kappa shape index (κ2) is 6.18. The Morgan fingerprint density at radius 3 is 2.55 bits per heavy atom. The summed E-state index contributed by atoms with van der Waals surface area (Å²) < 4.78 is 0. The summed E-state index contributed by atoms with van der Waals surface area (Å²) >= 11 is 0. The minimum absolute atomic E-state index is 0.949. The van der Waals surface area contributed by atoms with Crippen molar-refractivity contribution in [2.24, 2.45) is 0 Å². The third-order valence-electron chi connectivity index (χ3n) is 2.40. The van der Waals surface area contributed by atoms with Crippen molar-refractivity contribution in [1.82, 2.24) is 0 Å². The lowest BCUT2D eigenvalue weighted by Crippen LogP contribution is -3.13. The Labute approximate surface area is 69.8 Å². The van der Waals surface area contributed by atoms with Crippen molar-refractivity contribution in [3.05, 3.63) is 6.57 Å². The van der Waals surface area contributed by atoms with E-state index in [1.165, 1.54) is 32.4 Å². The topological polar surface area (TPSA) is 28.2 Å². The average molecular weight is 154 g/mol. The molecule has 0 bridgehead atoms. The molecule has 1 saturated heterocycles. The Hall–Kier alpha value is -0.550. The molecule has 64 valence electrons. The molecule has 1 aliphatic rings. The van der Waals surface area contributed by atoms with Gasteiger partial charge < -0.3 is 16.7 Å². The number of hydrogen-bond donors (Lipinski definition) is 1. The van der Waals surface area contributed by atoms with Gasteiger partial charge in [0, 0.05) is 12.8 Å². The van der Waals surface area contributed by atoms with E-state index in [2.05, 4.69) is 13.8 Å². The van der Waals surface area contributed by atoms with Crippen molar-refractivity contribution < 1.29 is 4.90 Å². The molecule has 2 atom stereocenters. The SMILES string of the molecule is CCC[NH+]1CCCC1C.[C-]#N. The van der Waals surface area contributed by atoms with Crippen molar-refractivity contribution in [2.75, 3.05) is 13.1 Å². The molecule has 1 N–H and O–H groups in total. The van der Waals surface area contributed by atoms with Crippen LogP contribution >= 0.6 is 0 Å². The maximum absolute atomic E-state index is 6.25. The predicted molar refractivity (Wildman–Crippen MR) is 44.7 cm³/mol. The first-order valence-electron chi connectivity index (χ1n) is 4.41. The number of quaternary nitrogens is 1.